The molecule has 132 valence electrons. The number of pyridine rings is 1. The molecule has 5 heteroatoms. The van der Waals surface area contributed by atoms with E-state index in [4.69, 9.17) is 0 Å². The zero-order valence-electron chi connectivity index (χ0n) is 14.5. The molecule has 2 aliphatic rings. The van der Waals surface area contributed by atoms with Crippen molar-refractivity contribution < 1.29 is 9.90 Å². The van der Waals surface area contributed by atoms with Crippen LogP contribution < -0.4 is 0 Å². The first-order valence-electron chi connectivity index (χ1n) is 9.34. The molecule has 2 aromatic rings. The number of benzene rings is 1. The SMILES string of the molecule is O=C(c1ccc2cccc(O)c2n1)N1CCC(N2CCCCC2)CC1. The van der Waals surface area contributed by atoms with Crippen LogP contribution in [0.25, 0.3) is 10.9 Å². The van der Waals surface area contributed by atoms with Crippen molar-refractivity contribution >= 4 is 16.8 Å². The van der Waals surface area contributed by atoms with Gasteiger partial charge in [0.05, 0.1) is 0 Å². The van der Waals surface area contributed by atoms with E-state index in [2.05, 4.69) is 9.88 Å². The zero-order valence-corrected chi connectivity index (χ0v) is 14.5. The summed E-state index contributed by atoms with van der Waals surface area (Å²) < 4.78 is 0. The van der Waals surface area contributed by atoms with Crippen molar-refractivity contribution in [1.82, 2.24) is 14.8 Å². The summed E-state index contributed by atoms with van der Waals surface area (Å²) in [6, 6.07) is 9.52. The van der Waals surface area contributed by atoms with Crippen molar-refractivity contribution in [2.75, 3.05) is 26.2 Å². The number of likely N-dealkylation sites (tertiary alicyclic amines) is 2. The van der Waals surface area contributed by atoms with E-state index in [0.717, 1.165) is 31.3 Å². The topological polar surface area (TPSA) is 56.7 Å². The summed E-state index contributed by atoms with van der Waals surface area (Å²) in [6.07, 6.45) is 6.07. The summed E-state index contributed by atoms with van der Waals surface area (Å²) in [5, 5.41) is 10.8. The van der Waals surface area contributed by atoms with Crippen molar-refractivity contribution in [3.8, 4) is 5.75 Å². The number of aromatic nitrogens is 1. The Hall–Kier alpha value is -2.14. The Bertz CT molecular complexity index is 763. The summed E-state index contributed by atoms with van der Waals surface area (Å²) in [4.78, 5) is 21.7. The first kappa shape index (κ1) is 16.3. The molecule has 2 aliphatic heterocycles. The molecular weight excluding hydrogens is 314 g/mol. The Morgan fingerprint density at radius 1 is 1.00 bits per heavy atom. The van der Waals surface area contributed by atoms with Crippen LogP contribution in [0.5, 0.6) is 5.75 Å². The Labute approximate surface area is 148 Å². The Morgan fingerprint density at radius 3 is 2.52 bits per heavy atom. The van der Waals surface area contributed by atoms with Crippen molar-refractivity contribution in [3.05, 3.63) is 36.0 Å². The van der Waals surface area contributed by atoms with Crippen molar-refractivity contribution in [3.63, 3.8) is 0 Å². The van der Waals surface area contributed by atoms with Crippen LogP contribution in [-0.2, 0) is 0 Å². The second-order valence-corrected chi connectivity index (χ2v) is 7.17. The van der Waals surface area contributed by atoms with Crippen LogP contribution in [0.15, 0.2) is 30.3 Å². The number of fused-ring (bicyclic) bond motifs is 1. The first-order chi connectivity index (χ1) is 12.2. The lowest BCUT2D eigenvalue weighted by Gasteiger charge is -2.40. The average Bonchev–Trinajstić information content (AvgIpc) is 2.68. The average molecular weight is 339 g/mol. The maximum atomic E-state index is 12.8. The van der Waals surface area contributed by atoms with Crippen LogP contribution in [0.3, 0.4) is 0 Å². The number of para-hydroxylation sites is 1. The maximum Gasteiger partial charge on any atom is 0.272 e. The summed E-state index contributed by atoms with van der Waals surface area (Å²) >= 11 is 0. The molecule has 1 aromatic heterocycles. The van der Waals surface area contributed by atoms with E-state index in [-0.39, 0.29) is 11.7 Å². The van der Waals surface area contributed by atoms with E-state index in [0.29, 0.717) is 17.3 Å². The lowest BCUT2D eigenvalue weighted by atomic mass is 9.99. The molecule has 25 heavy (non-hydrogen) atoms. The number of carbonyl (C=O) groups excluding carboxylic acids is 1. The predicted octanol–water partition coefficient (Wildman–Crippen LogP) is 3.03. The quantitative estimate of drug-likeness (QED) is 0.914. The molecule has 5 nitrogen and oxygen atoms in total. The van der Waals surface area contributed by atoms with Crippen LogP contribution >= 0.6 is 0 Å². The summed E-state index contributed by atoms with van der Waals surface area (Å²) in [7, 11) is 0. The molecule has 2 saturated heterocycles. The molecule has 1 amide bonds. The van der Waals surface area contributed by atoms with Gasteiger partial charge in [0, 0.05) is 24.5 Å². The highest BCUT2D eigenvalue weighted by atomic mass is 16.3. The second kappa shape index (κ2) is 7.00. The minimum Gasteiger partial charge on any atom is -0.506 e. The fourth-order valence-electron chi connectivity index (χ4n) is 4.13. The monoisotopic (exact) mass is 339 g/mol. The van der Waals surface area contributed by atoms with Crippen molar-refractivity contribution in [2.45, 2.75) is 38.1 Å². The zero-order chi connectivity index (χ0) is 17.2. The Kier molecular flexibility index (Phi) is 4.57. The van der Waals surface area contributed by atoms with E-state index in [9.17, 15) is 9.90 Å². The molecular formula is C20H25N3O2. The van der Waals surface area contributed by atoms with Gasteiger partial charge < -0.3 is 14.9 Å². The Balaban J connectivity index is 1.44. The highest BCUT2D eigenvalue weighted by Crippen LogP contribution is 2.24. The molecule has 0 saturated carbocycles. The molecule has 1 aromatic carbocycles. The lowest BCUT2D eigenvalue weighted by molar-refractivity contribution is 0.0585. The van der Waals surface area contributed by atoms with E-state index >= 15 is 0 Å². The summed E-state index contributed by atoms with van der Waals surface area (Å²) in [6.45, 7) is 4.01. The smallest absolute Gasteiger partial charge is 0.272 e. The van der Waals surface area contributed by atoms with Crippen molar-refractivity contribution in [1.29, 1.82) is 0 Å². The fraction of sp³-hybridized carbons (Fsp3) is 0.500. The molecule has 2 fully saturated rings. The third kappa shape index (κ3) is 3.33. The van der Waals surface area contributed by atoms with E-state index in [1.54, 1.807) is 18.2 Å². The second-order valence-electron chi connectivity index (χ2n) is 7.17. The van der Waals surface area contributed by atoms with Gasteiger partial charge in [-0.3, -0.25) is 4.79 Å². The van der Waals surface area contributed by atoms with Gasteiger partial charge in [-0.1, -0.05) is 24.6 Å². The minimum absolute atomic E-state index is 0.0257. The van der Waals surface area contributed by atoms with Gasteiger partial charge in [-0.05, 0) is 50.9 Å². The molecule has 0 atom stereocenters. The number of phenolic OH excluding ortho intramolecular Hbond substituents is 1. The van der Waals surface area contributed by atoms with Crippen LogP contribution in [0.1, 0.15) is 42.6 Å². The molecule has 4 rings (SSSR count). The number of amides is 1. The third-order valence-electron chi connectivity index (χ3n) is 5.58. The maximum absolute atomic E-state index is 12.8. The predicted molar refractivity (Wildman–Crippen MR) is 97.8 cm³/mol. The number of rotatable bonds is 2. The molecule has 0 unspecified atom stereocenters. The summed E-state index contributed by atoms with van der Waals surface area (Å²) in [5.41, 5.74) is 0.918. The highest BCUT2D eigenvalue weighted by molar-refractivity contribution is 5.96. The van der Waals surface area contributed by atoms with Crippen LogP contribution in [-0.4, -0.2) is 58.0 Å². The normalized spacial score (nSPS) is 20.1. The molecule has 0 bridgehead atoms. The fourth-order valence-corrected chi connectivity index (χ4v) is 4.13. The first-order valence-corrected chi connectivity index (χ1v) is 9.34. The number of phenols is 1. The Morgan fingerprint density at radius 2 is 1.76 bits per heavy atom. The van der Waals surface area contributed by atoms with Crippen LogP contribution in [0.4, 0.5) is 0 Å². The lowest BCUT2D eigenvalue weighted by Crippen LogP contribution is -2.48. The molecule has 0 aliphatic carbocycles. The largest absolute Gasteiger partial charge is 0.506 e. The van der Waals surface area contributed by atoms with E-state index in [1.165, 1.54) is 32.4 Å². The van der Waals surface area contributed by atoms with Gasteiger partial charge in [0.2, 0.25) is 0 Å². The number of carbonyl (C=O) groups is 1. The van der Waals surface area contributed by atoms with Gasteiger partial charge in [-0.15, -0.1) is 0 Å². The number of piperidine rings is 2. The number of hydrogen-bond acceptors (Lipinski definition) is 4. The highest BCUT2D eigenvalue weighted by Gasteiger charge is 2.28. The molecule has 0 radical (unpaired) electrons. The minimum atomic E-state index is -0.0257. The van der Waals surface area contributed by atoms with Gasteiger partial charge in [0.25, 0.3) is 5.91 Å². The molecule has 1 N–H and O–H groups in total. The van der Waals surface area contributed by atoms with E-state index in [1.807, 2.05) is 17.0 Å². The van der Waals surface area contributed by atoms with Gasteiger partial charge >= 0.3 is 0 Å². The van der Waals surface area contributed by atoms with Gasteiger partial charge in [0.15, 0.2) is 0 Å². The van der Waals surface area contributed by atoms with Gasteiger partial charge in [-0.2, -0.15) is 0 Å². The number of aromatic hydroxyl groups is 1. The number of nitrogens with zero attached hydrogens (tertiary/aromatic N) is 3. The van der Waals surface area contributed by atoms with Gasteiger partial charge in [0.1, 0.15) is 17.0 Å². The van der Waals surface area contributed by atoms with Crippen molar-refractivity contribution in [2.24, 2.45) is 0 Å². The van der Waals surface area contributed by atoms with E-state index < -0.39 is 0 Å². The van der Waals surface area contributed by atoms with Gasteiger partial charge in [-0.25, -0.2) is 4.98 Å². The summed E-state index contributed by atoms with van der Waals surface area (Å²) in [5.74, 6) is 0.0956. The molecule has 3 heterocycles. The van der Waals surface area contributed by atoms with Crippen LogP contribution in [0.2, 0.25) is 0 Å². The standard InChI is InChI=1S/C20H25N3O2/c24-18-6-4-5-15-7-8-17(21-19(15)18)20(25)23-13-9-16(10-14-23)22-11-2-1-3-12-22/h4-8,16,24H,1-3,9-14H2. The molecule has 0 spiro atoms. The van der Waals surface area contributed by atoms with Crippen LogP contribution in [0, 0.1) is 0 Å². The third-order valence-corrected chi connectivity index (χ3v) is 5.58. The number of hydrogen-bond donors (Lipinski definition) is 1.